The maximum atomic E-state index is 12.4. The highest BCUT2D eigenvalue weighted by atomic mass is 32.2. The molecule has 0 spiro atoms. The smallest absolute Gasteiger partial charge is 0.324 e. The second kappa shape index (κ2) is 9.44. The molecule has 0 saturated heterocycles. The van der Waals surface area contributed by atoms with Crippen LogP contribution in [0.3, 0.4) is 0 Å². The largest absolute Gasteiger partial charge is 0.328 e. The maximum Gasteiger partial charge on any atom is 0.328 e. The number of thioether (sulfide) groups is 2. The normalized spacial score (nSPS) is 11.3. The Kier molecular flexibility index (Phi) is 6.49. The molecule has 4 aromatic rings. The fraction of sp³-hybridized carbons (Fsp3) is 0.286. The first-order valence-corrected chi connectivity index (χ1v) is 11.9. The Morgan fingerprint density at radius 3 is 1.73 bits per heavy atom. The summed E-state index contributed by atoms with van der Waals surface area (Å²) in [4.78, 5) is 29.9. The number of nitrogens with one attached hydrogen (secondary N) is 4. The summed E-state index contributed by atoms with van der Waals surface area (Å²) < 4.78 is 0. The number of nitrogens with zero attached hydrogens (tertiary/aromatic N) is 2. The number of aromatic nitrogens is 4. The fourth-order valence-corrected chi connectivity index (χ4v) is 4.57. The number of rotatable bonds is 8. The van der Waals surface area contributed by atoms with Crippen molar-refractivity contribution in [1.29, 1.82) is 0 Å². The van der Waals surface area contributed by atoms with Gasteiger partial charge in [-0.05, 0) is 60.7 Å². The molecular weight excluding hydrogens is 416 g/mol. The lowest BCUT2D eigenvalue weighted by molar-refractivity contribution is 0.262. The Hall–Kier alpha value is -2.65. The van der Waals surface area contributed by atoms with Crippen molar-refractivity contribution >= 4 is 63.5 Å². The van der Waals surface area contributed by atoms with Crippen LogP contribution in [0.4, 0.5) is 16.7 Å². The van der Waals surface area contributed by atoms with Gasteiger partial charge in [-0.3, -0.25) is 10.6 Å². The molecule has 7 nitrogen and oxygen atoms in total. The summed E-state index contributed by atoms with van der Waals surface area (Å²) in [6.07, 6.45) is 2.25. The summed E-state index contributed by atoms with van der Waals surface area (Å²) >= 11 is 3.61. The number of fused-ring (bicyclic) bond motifs is 2. The highest BCUT2D eigenvalue weighted by molar-refractivity contribution is 7.99. The average Bonchev–Trinajstić information content (AvgIpc) is 3.32. The first-order valence-electron chi connectivity index (χ1n) is 9.97. The van der Waals surface area contributed by atoms with Crippen LogP contribution in [0.15, 0.2) is 46.2 Å². The average molecular weight is 441 g/mol. The molecular formula is C21H24N6OS2. The van der Waals surface area contributed by atoms with E-state index in [1.54, 1.807) is 23.5 Å². The van der Waals surface area contributed by atoms with Crippen molar-refractivity contribution in [1.82, 2.24) is 19.9 Å². The predicted octanol–water partition coefficient (Wildman–Crippen LogP) is 6.09. The molecule has 30 heavy (non-hydrogen) atoms. The van der Waals surface area contributed by atoms with Gasteiger partial charge in [0.15, 0.2) is 0 Å². The Balaban J connectivity index is 1.42. The number of carbonyl (C=O) groups is 1. The van der Waals surface area contributed by atoms with Crippen LogP contribution in [0.5, 0.6) is 0 Å². The zero-order valence-electron chi connectivity index (χ0n) is 16.9. The summed E-state index contributed by atoms with van der Waals surface area (Å²) in [6.45, 7) is 4.32. The topological polar surface area (TPSA) is 98.5 Å². The summed E-state index contributed by atoms with van der Waals surface area (Å²) in [6, 6.07) is 11.7. The molecule has 0 aliphatic rings. The van der Waals surface area contributed by atoms with Crippen molar-refractivity contribution in [3.05, 3.63) is 36.4 Å². The second-order valence-electron chi connectivity index (χ2n) is 6.80. The van der Waals surface area contributed by atoms with Gasteiger partial charge in [0.1, 0.15) is 0 Å². The quantitative estimate of drug-likeness (QED) is 0.249. The second-order valence-corrected chi connectivity index (χ2v) is 9.14. The van der Waals surface area contributed by atoms with Gasteiger partial charge in [0, 0.05) is 9.79 Å². The first kappa shape index (κ1) is 20.6. The molecule has 4 rings (SSSR count). The molecule has 0 radical (unpaired) electrons. The third-order valence-electron chi connectivity index (χ3n) is 4.32. The van der Waals surface area contributed by atoms with Crippen molar-refractivity contribution in [2.75, 3.05) is 22.1 Å². The molecule has 0 aliphatic carbocycles. The van der Waals surface area contributed by atoms with Gasteiger partial charge in [0.05, 0.1) is 22.1 Å². The summed E-state index contributed by atoms with van der Waals surface area (Å²) in [5, 5.41) is 5.48. The highest BCUT2D eigenvalue weighted by Crippen LogP contribution is 2.25. The van der Waals surface area contributed by atoms with Gasteiger partial charge in [-0.2, -0.15) is 0 Å². The summed E-state index contributed by atoms with van der Waals surface area (Å²) in [7, 11) is 0. The standard InChI is InChI=1S/C21H24N6OS2/c1-3-9-29-13-5-7-15-17(11-13)24-19(22-15)26-21(28)27-20-23-16-8-6-14(30-10-4-2)12-18(16)25-20/h5-8,11-12H,3-4,9-10H2,1-2H3,(H4,22,23,24,25,26,27,28). The molecule has 2 heterocycles. The molecule has 0 saturated carbocycles. The molecule has 0 atom stereocenters. The van der Waals surface area contributed by atoms with E-state index in [2.05, 4.69) is 68.7 Å². The van der Waals surface area contributed by atoms with Gasteiger partial charge in [-0.25, -0.2) is 14.8 Å². The number of urea groups is 1. The summed E-state index contributed by atoms with van der Waals surface area (Å²) in [5.74, 6) is 2.94. The molecule has 156 valence electrons. The molecule has 2 aromatic heterocycles. The number of hydrogen-bond acceptors (Lipinski definition) is 5. The Bertz CT molecular complexity index is 1080. The van der Waals surface area contributed by atoms with Crippen LogP contribution in [0, 0.1) is 0 Å². The van der Waals surface area contributed by atoms with E-state index in [0.717, 1.165) is 46.4 Å². The molecule has 0 unspecified atom stereocenters. The Labute approximate surface area is 183 Å². The van der Waals surface area contributed by atoms with Gasteiger partial charge in [0.25, 0.3) is 0 Å². The molecule has 2 aromatic carbocycles. The number of amides is 2. The number of benzene rings is 2. The van der Waals surface area contributed by atoms with Crippen molar-refractivity contribution < 1.29 is 4.79 Å². The molecule has 0 aliphatic heterocycles. The van der Waals surface area contributed by atoms with Crippen molar-refractivity contribution in [3.8, 4) is 0 Å². The van der Waals surface area contributed by atoms with Gasteiger partial charge < -0.3 is 9.97 Å². The van der Waals surface area contributed by atoms with Gasteiger partial charge in [-0.15, -0.1) is 23.5 Å². The molecule has 2 amide bonds. The van der Waals surface area contributed by atoms with E-state index in [9.17, 15) is 4.79 Å². The van der Waals surface area contributed by atoms with E-state index < -0.39 is 6.03 Å². The number of imidazole rings is 2. The number of aromatic amines is 2. The van der Waals surface area contributed by atoms with Crippen LogP contribution in [0.1, 0.15) is 26.7 Å². The van der Waals surface area contributed by atoms with Crippen molar-refractivity contribution in [2.45, 2.75) is 36.5 Å². The van der Waals surface area contributed by atoms with Crippen LogP contribution in [0.25, 0.3) is 22.1 Å². The van der Waals surface area contributed by atoms with Crippen LogP contribution in [0.2, 0.25) is 0 Å². The minimum Gasteiger partial charge on any atom is -0.324 e. The number of anilines is 2. The minimum atomic E-state index is -0.408. The minimum absolute atomic E-state index is 0.398. The van der Waals surface area contributed by atoms with Gasteiger partial charge in [-0.1, -0.05) is 13.8 Å². The van der Waals surface area contributed by atoms with Gasteiger partial charge in [0.2, 0.25) is 11.9 Å². The molecule has 0 fully saturated rings. The monoisotopic (exact) mass is 440 g/mol. The number of hydrogen-bond donors (Lipinski definition) is 4. The van der Waals surface area contributed by atoms with E-state index in [1.165, 1.54) is 9.79 Å². The molecule has 0 bridgehead atoms. The zero-order valence-corrected chi connectivity index (χ0v) is 18.5. The summed E-state index contributed by atoms with van der Waals surface area (Å²) in [5.41, 5.74) is 3.42. The molecule has 9 heteroatoms. The third-order valence-corrected chi connectivity index (χ3v) is 6.72. The lowest BCUT2D eigenvalue weighted by Crippen LogP contribution is -2.20. The van der Waals surface area contributed by atoms with Crippen molar-refractivity contribution in [2.24, 2.45) is 0 Å². The Morgan fingerprint density at radius 1 is 0.833 bits per heavy atom. The predicted molar refractivity (Wildman–Crippen MR) is 127 cm³/mol. The van der Waals surface area contributed by atoms with E-state index >= 15 is 0 Å². The van der Waals surface area contributed by atoms with Crippen LogP contribution >= 0.6 is 23.5 Å². The van der Waals surface area contributed by atoms with Gasteiger partial charge >= 0.3 is 6.03 Å². The Morgan fingerprint density at radius 2 is 1.30 bits per heavy atom. The highest BCUT2D eigenvalue weighted by Gasteiger charge is 2.11. The lowest BCUT2D eigenvalue weighted by atomic mass is 10.3. The maximum absolute atomic E-state index is 12.4. The number of carbonyl (C=O) groups excluding carboxylic acids is 1. The molecule has 4 N–H and O–H groups in total. The van der Waals surface area contributed by atoms with E-state index in [4.69, 9.17) is 0 Å². The van der Waals surface area contributed by atoms with Crippen molar-refractivity contribution in [3.63, 3.8) is 0 Å². The van der Waals surface area contributed by atoms with Crippen LogP contribution in [-0.4, -0.2) is 37.5 Å². The lowest BCUT2D eigenvalue weighted by Gasteiger charge is -2.01. The van der Waals surface area contributed by atoms with E-state index in [0.29, 0.717) is 11.9 Å². The van der Waals surface area contributed by atoms with E-state index in [-0.39, 0.29) is 0 Å². The SMILES string of the molecule is CCCSc1ccc2nc(NC(=O)Nc3nc4ccc(SCCC)cc4[nH]3)[nH]c2c1. The first-order chi connectivity index (χ1) is 14.6. The van der Waals surface area contributed by atoms with Crippen LogP contribution < -0.4 is 10.6 Å². The fourth-order valence-electron chi connectivity index (χ4n) is 2.96. The third kappa shape index (κ3) is 4.91. The van der Waals surface area contributed by atoms with E-state index in [1.807, 2.05) is 12.1 Å². The van der Waals surface area contributed by atoms with Crippen LogP contribution in [-0.2, 0) is 0 Å². The number of H-pyrrole nitrogens is 2. The zero-order chi connectivity index (χ0) is 20.9.